The molecular formula is C16H20N4O. The number of aryl methyl sites for hydroxylation is 2. The number of hydrogen-bond acceptors (Lipinski definition) is 3. The van der Waals surface area contributed by atoms with Crippen LogP contribution in [0.25, 0.3) is 5.69 Å². The Morgan fingerprint density at radius 1 is 1.38 bits per heavy atom. The minimum Gasteiger partial charge on any atom is -0.324 e. The Bertz CT molecular complexity index is 656. The van der Waals surface area contributed by atoms with Crippen LogP contribution >= 0.6 is 0 Å². The summed E-state index contributed by atoms with van der Waals surface area (Å²) in [4.78, 5) is 12.3. The van der Waals surface area contributed by atoms with E-state index >= 15 is 0 Å². The van der Waals surface area contributed by atoms with E-state index in [1.165, 1.54) is 0 Å². The molecule has 1 aromatic carbocycles. The van der Waals surface area contributed by atoms with E-state index in [4.69, 9.17) is 0 Å². The van der Waals surface area contributed by atoms with Gasteiger partial charge < -0.3 is 10.6 Å². The summed E-state index contributed by atoms with van der Waals surface area (Å²) in [7, 11) is 0. The van der Waals surface area contributed by atoms with Gasteiger partial charge in [0.25, 0.3) is 0 Å². The first-order valence-corrected chi connectivity index (χ1v) is 7.29. The van der Waals surface area contributed by atoms with Gasteiger partial charge in [-0.1, -0.05) is 12.1 Å². The summed E-state index contributed by atoms with van der Waals surface area (Å²) in [5, 5.41) is 10.8. The molecule has 0 saturated carbocycles. The van der Waals surface area contributed by atoms with Gasteiger partial charge in [0.1, 0.15) is 0 Å². The third-order valence-corrected chi connectivity index (χ3v) is 3.83. The number of rotatable bonds is 3. The highest BCUT2D eigenvalue weighted by Crippen LogP contribution is 2.22. The SMILES string of the molecule is Cc1cc(C)n(-c2ccccc2NC(=O)C2CCNC2)n1. The zero-order valence-corrected chi connectivity index (χ0v) is 12.4. The van der Waals surface area contributed by atoms with Crippen LogP contribution in [-0.4, -0.2) is 28.8 Å². The third-order valence-electron chi connectivity index (χ3n) is 3.83. The van der Waals surface area contributed by atoms with Gasteiger partial charge in [0, 0.05) is 12.2 Å². The topological polar surface area (TPSA) is 59.0 Å². The van der Waals surface area contributed by atoms with E-state index in [-0.39, 0.29) is 11.8 Å². The molecule has 5 heteroatoms. The quantitative estimate of drug-likeness (QED) is 0.906. The largest absolute Gasteiger partial charge is 0.324 e. The van der Waals surface area contributed by atoms with Crippen molar-refractivity contribution in [2.45, 2.75) is 20.3 Å². The normalized spacial score (nSPS) is 17.9. The predicted octanol–water partition coefficient (Wildman–Crippen LogP) is 2.04. The average Bonchev–Trinajstić information content (AvgIpc) is 3.09. The van der Waals surface area contributed by atoms with Crippen molar-refractivity contribution >= 4 is 11.6 Å². The number of nitrogens with one attached hydrogen (secondary N) is 2. The monoisotopic (exact) mass is 284 g/mol. The molecule has 2 heterocycles. The lowest BCUT2D eigenvalue weighted by Gasteiger charge is -2.14. The van der Waals surface area contributed by atoms with E-state index in [0.29, 0.717) is 0 Å². The molecule has 3 rings (SSSR count). The zero-order valence-electron chi connectivity index (χ0n) is 12.4. The molecule has 0 bridgehead atoms. The maximum Gasteiger partial charge on any atom is 0.228 e. The Labute approximate surface area is 124 Å². The van der Waals surface area contributed by atoms with Gasteiger partial charge in [-0.25, -0.2) is 4.68 Å². The van der Waals surface area contributed by atoms with E-state index in [9.17, 15) is 4.79 Å². The van der Waals surface area contributed by atoms with Crippen molar-refractivity contribution in [2.24, 2.45) is 5.92 Å². The predicted molar refractivity (Wildman–Crippen MR) is 82.6 cm³/mol. The van der Waals surface area contributed by atoms with Gasteiger partial charge in [-0.2, -0.15) is 5.10 Å². The van der Waals surface area contributed by atoms with Crippen molar-refractivity contribution in [3.8, 4) is 5.69 Å². The van der Waals surface area contributed by atoms with Gasteiger partial charge in [-0.15, -0.1) is 0 Å². The van der Waals surface area contributed by atoms with Crippen LogP contribution < -0.4 is 10.6 Å². The molecule has 1 unspecified atom stereocenters. The van der Waals surface area contributed by atoms with Crippen molar-refractivity contribution in [1.29, 1.82) is 0 Å². The van der Waals surface area contributed by atoms with Crippen molar-refractivity contribution in [1.82, 2.24) is 15.1 Å². The Morgan fingerprint density at radius 2 is 2.19 bits per heavy atom. The van der Waals surface area contributed by atoms with Crippen molar-refractivity contribution in [3.63, 3.8) is 0 Å². The molecule has 110 valence electrons. The molecule has 1 aliphatic heterocycles. The fraction of sp³-hybridized carbons (Fsp3) is 0.375. The molecule has 1 aliphatic rings. The standard InChI is InChI=1S/C16H20N4O/c1-11-9-12(2)20(19-11)15-6-4-3-5-14(15)18-16(21)13-7-8-17-10-13/h3-6,9,13,17H,7-8,10H2,1-2H3,(H,18,21). The summed E-state index contributed by atoms with van der Waals surface area (Å²) in [6, 6.07) is 9.81. The molecule has 1 atom stereocenters. The molecule has 5 nitrogen and oxygen atoms in total. The van der Waals surface area contributed by atoms with Gasteiger partial charge in [-0.05, 0) is 45.0 Å². The molecule has 1 saturated heterocycles. The van der Waals surface area contributed by atoms with Crippen LogP contribution in [0.3, 0.4) is 0 Å². The fourth-order valence-corrected chi connectivity index (χ4v) is 2.75. The maximum atomic E-state index is 12.3. The van der Waals surface area contributed by atoms with Crippen molar-refractivity contribution < 1.29 is 4.79 Å². The lowest BCUT2D eigenvalue weighted by atomic mass is 10.1. The summed E-state index contributed by atoms with van der Waals surface area (Å²) in [5.41, 5.74) is 3.73. The minimum atomic E-state index is 0.0542. The van der Waals surface area contributed by atoms with Gasteiger partial charge in [0.15, 0.2) is 0 Å². The molecule has 1 aromatic heterocycles. The minimum absolute atomic E-state index is 0.0542. The first-order valence-electron chi connectivity index (χ1n) is 7.29. The highest BCUT2D eigenvalue weighted by Gasteiger charge is 2.23. The Morgan fingerprint density at radius 3 is 2.86 bits per heavy atom. The average molecular weight is 284 g/mol. The molecular weight excluding hydrogens is 264 g/mol. The molecule has 0 aliphatic carbocycles. The first kappa shape index (κ1) is 13.8. The van der Waals surface area contributed by atoms with Crippen LogP contribution in [0.4, 0.5) is 5.69 Å². The molecule has 1 fully saturated rings. The van der Waals surface area contributed by atoms with E-state index < -0.39 is 0 Å². The maximum absolute atomic E-state index is 12.3. The van der Waals surface area contributed by atoms with Crippen LogP contribution in [-0.2, 0) is 4.79 Å². The van der Waals surface area contributed by atoms with E-state index in [1.54, 1.807) is 0 Å². The third kappa shape index (κ3) is 2.83. The summed E-state index contributed by atoms with van der Waals surface area (Å²) in [5.74, 6) is 0.132. The highest BCUT2D eigenvalue weighted by atomic mass is 16.1. The van der Waals surface area contributed by atoms with E-state index in [0.717, 1.165) is 42.3 Å². The molecule has 0 radical (unpaired) electrons. The Hall–Kier alpha value is -2.14. The second-order valence-electron chi connectivity index (χ2n) is 5.54. The van der Waals surface area contributed by atoms with Gasteiger partial charge in [-0.3, -0.25) is 4.79 Å². The summed E-state index contributed by atoms with van der Waals surface area (Å²) >= 11 is 0. The Kier molecular flexibility index (Phi) is 3.75. The van der Waals surface area contributed by atoms with Crippen LogP contribution in [0.1, 0.15) is 17.8 Å². The molecule has 0 spiro atoms. The number of carbonyl (C=O) groups excluding carboxylic acids is 1. The fourth-order valence-electron chi connectivity index (χ4n) is 2.75. The number of anilines is 1. The van der Waals surface area contributed by atoms with Crippen molar-refractivity contribution in [3.05, 3.63) is 41.7 Å². The van der Waals surface area contributed by atoms with Crippen LogP contribution in [0.2, 0.25) is 0 Å². The molecule has 2 aromatic rings. The number of aromatic nitrogens is 2. The van der Waals surface area contributed by atoms with Crippen LogP contribution in [0.15, 0.2) is 30.3 Å². The number of nitrogens with zero attached hydrogens (tertiary/aromatic N) is 2. The number of hydrogen-bond donors (Lipinski definition) is 2. The first-order chi connectivity index (χ1) is 10.1. The lowest BCUT2D eigenvalue weighted by molar-refractivity contribution is -0.119. The molecule has 2 N–H and O–H groups in total. The molecule has 1 amide bonds. The summed E-state index contributed by atoms with van der Waals surface area (Å²) in [6.45, 7) is 5.65. The second-order valence-corrected chi connectivity index (χ2v) is 5.54. The van der Waals surface area contributed by atoms with Crippen LogP contribution in [0, 0.1) is 19.8 Å². The smallest absolute Gasteiger partial charge is 0.228 e. The van der Waals surface area contributed by atoms with Crippen molar-refractivity contribution in [2.75, 3.05) is 18.4 Å². The van der Waals surface area contributed by atoms with Gasteiger partial charge in [0.2, 0.25) is 5.91 Å². The highest BCUT2D eigenvalue weighted by molar-refractivity contribution is 5.94. The van der Waals surface area contributed by atoms with E-state index in [2.05, 4.69) is 15.7 Å². The van der Waals surface area contributed by atoms with Gasteiger partial charge >= 0.3 is 0 Å². The summed E-state index contributed by atoms with van der Waals surface area (Å²) in [6.07, 6.45) is 0.897. The van der Waals surface area contributed by atoms with Gasteiger partial charge in [0.05, 0.1) is 23.0 Å². The summed E-state index contributed by atoms with van der Waals surface area (Å²) < 4.78 is 1.87. The van der Waals surface area contributed by atoms with E-state index in [1.807, 2.05) is 48.9 Å². The number of amides is 1. The second kappa shape index (κ2) is 5.69. The molecule has 21 heavy (non-hydrogen) atoms. The number of para-hydroxylation sites is 2. The lowest BCUT2D eigenvalue weighted by Crippen LogP contribution is -2.25. The Balaban J connectivity index is 1.89. The van der Waals surface area contributed by atoms with Crippen LogP contribution in [0.5, 0.6) is 0 Å². The zero-order chi connectivity index (χ0) is 14.8. The number of carbonyl (C=O) groups is 1. The number of benzene rings is 1.